The number of amides is 1. The zero-order valence-electron chi connectivity index (χ0n) is 7.37. The molecule has 84 valence electrons. The molecule has 0 unspecified atom stereocenters. The van der Waals surface area contributed by atoms with Crippen LogP contribution in [0, 0.1) is 0 Å². The second-order valence-corrected chi connectivity index (χ2v) is 3.24. The summed E-state index contributed by atoms with van der Waals surface area (Å²) >= 11 is 1.33. The fourth-order valence-electron chi connectivity index (χ4n) is 0.686. The van der Waals surface area contributed by atoms with E-state index in [1.54, 1.807) is 10.9 Å². The third kappa shape index (κ3) is 5.21. The van der Waals surface area contributed by atoms with Crippen molar-refractivity contribution in [1.82, 2.24) is 10.3 Å². The number of alkyl halides is 3. The number of alkyl carbamates (subject to hydrolysis) is 1. The van der Waals surface area contributed by atoms with E-state index in [1.807, 2.05) is 0 Å². The number of carbonyl (C=O) groups is 1. The first-order chi connectivity index (χ1) is 6.97. The van der Waals surface area contributed by atoms with E-state index in [-0.39, 0.29) is 6.54 Å². The Labute approximate surface area is 87.1 Å². The number of nitrogens with zero attached hydrogens (tertiary/aromatic N) is 1. The first kappa shape index (κ1) is 11.8. The maximum atomic E-state index is 11.6. The standard InChI is InChI=1S/C7H7F3N2O2S/c8-7(9,10)3-14-6(13)11-1-5-2-15-4-12-5/h2,4H,1,3H2,(H,11,13). The third-order valence-electron chi connectivity index (χ3n) is 1.26. The molecule has 0 spiro atoms. The quantitative estimate of drug-likeness (QED) is 0.878. The average molecular weight is 240 g/mol. The van der Waals surface area contributed by atoms with Crippen molar-refractivity contribution in [2.75, 3.05) is 6.61 Å². The van der Waals surface area contributed by atoms with Gasteiger partial charge in [-0.05, 0) is 0 Å². The predicted molar refractivity (Wildman–Crippen MR) is 46.4 cm³/mol. The maximum Gasteiger partial charge on any atom is 0.422 e. The number of rotatable bonds is 3. The fourth-order valence-corrected chi connectivity index (χ4v) is 1.24. The predicted octanol–water partition coefficient (Wildman–Crippen LogP) is 1.93. The SMILES string of the molecule is O=C(NCc1cscn1)OCC(F)(F)F. The van der Waals surface area contributed by atoms with Gasteiger partial charge in [0.25, 0.3) is 0 Å². The van der Waals surface area contributed by atoms with Crippen LogP contribution in [-0.2, 0) is 11.3 Å². The Bertz CT molecular complexity index is 313. The molecule has 1 N–H and O–H groups in total. The van der Waals surface area contributed by atoms with E-state index in [2.05, 4.69) is 15.0 Å². The Morgan fingerprint density at radius 2 is 2.33 bits per heavy atom. The molecular weight excluding hydrogens is 233 g/mol. The number of hydrogen-bond acceptors (Lipinski definition) is 4. The van der Waals surface area contributed by atoms with E-state index < -0.39 is 18.9 Å². The highest BCUT2D eigenvalue weighted by molar-refractivity contribution is 7.07. The molecule has 1 rings (SSSR count). The fraction of sp³-hybridized carbons (Fsp3) is 0.429. The monoisotopic (exact) mass is 240 g/mol. The highest BCUT2D eigenvalue weighted by Gasteiger charge is 2.29. The van der Waals surface area contributed by atoms with Crippen molar-refractivity contribution >= 4 is 17.4 Å². The summed E-state index contributed by atoms with van der Waals surface area (Å²) in [5.41, 5.74) is 2.13. The van der Waals surface area contributed by atoms with Crippen LogP contribution in [0.1, 0.15) is 5.69 Å². The van der Waals surface area contributed by atoms with Crippen molar-refractivity contribution in [2.45, 2.75) is 12.7 Å². The van der Waals surface area contributed by atoms with E-state index in [1.165, 1.54) is 11.3 Å². The van der Waals surface area contributed by atoms with E-state index in [0.29, 0.717) is 5.69 Å². The van der Waals surface area contributed by atoms with Gasteiger partial charge in [0.2, 0.25) is 0 Å². The largest absolute Gasteiger partial charge is 0.440 e. The van der Waals surface area contributed by atoms with Crippen LogP contribution in [-0.4, -0.2) is 23.9 Å². The molecule has 1 heterocycles. The molecule has 1 aromatic rings. The van der Waals surface area contributed by atoms with Gasteiger partial charge in [-0.1, -0.05) is 0 Å². The van der Waals surface area contributed by atoms with Gasteiger partial charge in [0.05, 0.1) is 17.7 Å². The summed E-state index contributed by atoms with van der Waals surface area (Å²) in [4.78, 5) is 14.6. The van der Waals surface area contributed by atoms with Gasteiger partial charge in [0, 0.05) is 5.38 Å². The molecule has 1 aromatic heterocycles. The van der Waals surface area contributed by atoms with Crippen molar-refractivity contribution in [3.05, 3.63) is 16.6 Å². The lowest BCUT2D eigenvalue weighted by atomic mass is 10.5. The van der Waals surface area contributed by atoms with Crippen molar-refractivity contribution in [3.63, 3.8) is 0 Å². The minimum Gasteiger partial charge on any atom is -0.440 e. The molecular formula is C7H7F3N2O2S. The molecule has 0 saturated heterocycles. The Hall–Kier alpha value is -1.31. The minimum atomic E-state index is -4.50. The summed E-state index contributed by atoms with van der Waals surface area (Å²) < 4.78 is 38.7. The summed E-state index contributed by atoms with van der Waals surface area (Å²) in [6.07, 6.45) is -5.61. The van der Waals surface area contributed by atoms with Crippen LogP contribution >= 0.6 is 11.3 Å². The molecule has 0 aromatic carbocycles. The molecule has 15 heavy (non-hydrogen) atoms. The van der Waals surface area contributed by atoms with Gasteiger partial charge < -0.3 is 10.1 Å². The number of ether oxygens (including phenoxy) is 1. The Morgan fingerprint density at radius 1 is 1.60 bits per heavy atom. The number of halogens is 3. The van der Waals surface area contributed by atoms with E-state index >= 15 is 0 Å². The second-order valence-electron chi connectivity index (χ2n) is 2.52. The second kappa shape index (κ2) is 4.96. The maximum absolute atomic E-state index is 11.6. The Morgan fingerprint density at radius 3 is 2.87 bits per heavy atom. The molecule has 0 aliphatic heterocycles. The number of thiazole rings is 1. The minimum absolute atomic E-state index is 0.0557. The van der Waals surface area contributed by atoms with Crippen LogP contribution in [0.3, 0.4) is 0 Å². The van der Waals surface area contributed by atoms with Crippen molar-refractivity contribution in [2.24, 2.45) is 0 Å². The summed E-state index contributed by atoms with van der Waals surface area (Å²) in [5, 5.41) is 3.81. The normalized spacial score (nSPS) is 11.1. The first-order valence-corrected chi connectivity index (χ1v) is 4.76. The first-order valence-electron chi connectivity index (χ1n) is 3.82. The lowest BCUT2D eigenvalue weighted by Gasteiger charge is -2.07. The lowest BCUT2D eigenvalue weighted by molar-refractivity contribution is -0.160. The summed E-state index contributed by atoms with van der Waals surface area (Å²) in [7, 11) is 0. The molecule has 1 amide bonds. The van der Waals surface area contributed by atoms with Gasteiger partial charge in [-0.15, -0.1) is 11.3 Å². The molecule has 0 saturated carbocycles. The molecule has 0 atom stereocenters. The Balaban J connectivity index is 2.20. The Kier molecular flexibility index (Phi) is 3.89. The zero-order chi connectivity index (χ0) is 11.3. The van der Waals surface area contributed by atoms with Gasteiger partial charge in [-0.3, -0.25) is 0 Å². The van der Waals surface area contributed by atoms with Crippen LogP contribution in [0.25, 0.3) is 0 Å². The molecule has 0 aliphatic rings. The third-order valence-corrected chi connectivity index (χ3v) is 1.90. The van der Waals surface area contributed by atoms with Crippen LogP contribution < -0.4 is 5.32 Å². The smallest absolute Gasteiger partial charge is 0.422 e. The van der Waals surface area contributed by atoms with Crippen LogP contribution in [0.5, 0.6) is 0 Å². The highest BCUT2D eigenvalue weighted by Crippen LogP contribution is 2.14. The zero-order valence-corrected chi connectivity index (χ0v) is 8.19. The van der Waals surface area contributed by atoms with E-state index in [9.17, 15) is 18.0 Å². The average Bonchev–Trinajstić information content (AvgIpc) is 2.62. The van der Waals surface area contributed by atoms with Gasteiger partial charge in [-0.2, -0.15) is 13.2 Å². The van der Waals surface area contributed by atoms with Gasteiger partial charge in [-0.25, -0.2) is 9.78 Å². The molecule has 0 radical (unpaired) electrons. The van der Waals surface area contributed by atoms with Gasteiger partial charge >= 0.3 is 12.3 Å². The summed E-state index contributed by atoms with van der Waals surface area (Å²) in [6.45, 7) is -1.53. The summed E-state index contributed by atoms with van der Waals surface area (Å²) in [5.74, 6) is 0. The van der Waals surface area contributed by atoms with Crippen molar-refractivity contribution in [1.29, 1.82) is 0 Å². The topological polar surface area (TPSA) is 51.2 Å². The lowest BCUT2D eigenvalue weighted by Crippen LogP contribution is -2.28. The van der Waals surface area contributed by atoms with E-state index in [0.717, 1.165) is 0 Å². The molecule has 8 heteroatoms. The molecule has 0 fully saturated rings. The van der Waals surface area contributed by atoms with Crippen LogP contribution in [0.15, 0.2) is 10.9 Å². The van der Waals surface area contributed by atoms with Gasteiger partial charge in [0.15, 0.2) is 6.61 Å². The number of carbonyl (C=O) groups excluding carboxylic acids is 1. The summed E-state index contributed by atoms with van der Waals surface area (Å²) in [6, 6.07) is 0. The van der Waals surface area contributed by atoms with Crippen LogP contribution in [0.2, 0.25) is 0 Å². The van der Waals surface area contributed by atoms with Crippen LogP contribution in [0.4, 0.5) is 18.0 Å². The van der Waals surface area contributed by atoms with Gasteiger partial charge in [0.1, 0.15) is 0 Å². The molecule has 4 nitrogen and oxygen atoms in total. The van der Waals surface area contributed by atoms with Crippen molar-refractivity contribution in [3.8, 4) is 0 Å². The number of nitrogens with one attached hydrogen (secondary N) is 1. The van der Waals surface area contributed by atoms with Crippen molar-refractivity contribution < 1.29 is 22.7 Å². The van der Waals surface area contributed by atoms with E-state index in [4.69, 9.17) is 0 Å². The number of hydrogen-bond donors (Lipinski definition) is 1. The highest BCUT2D eigenvalue weighted by atomic mass is 32.1. The molecule has 0 bridgehead atoms. The number of aromatic nitrogens is 1. The molecule has 0 aliphatic carbocycles.